The first kappa shape index (κ1) is 17.8. The minimum atomic E-state index is -3.40. The van der Waals surface area contributed by atoms with Gasteiger partial charge in [-0.25, -0.2) is 14.3 Å². The van der Waals surface area contributed by atoms with Gasteiger partial charge in [-0.2, -0.15) is 9.41 Å². The molecule has 1 aromatic carbocycles. The summed E-state index contributed by atoms with van der Waals surface area (Å²) in [7, 11) is -3.40. The summed E-state index contributed by atoms with van der Waals surface area (Å²) in [5, 5.41) is 4.27. The summed E-state index contributed by atoms with van der Waals surface area (Å²) in [6.07, 6.45) is 2.93. The molecule has 0 spiro atoms. The van der Waals surface area contributed by atoms with E-state index in [1.54, 1.807) is 35.5 Å². The molecule has 0 unspecified atom stereocenters. The molecule has 0 bridgehead atoms. The Morgan fingerprint density at radius 1 is 1.22 bits per heavy atom. The van der Waals surface area contributed by atoms with Crippen molar-refractivity contribution in [2.45, 2.75) is 31.1 Å². The molecule has 126 valence electrons. The standard InChI is InChI=1S/C14H21N5O2S2/c1-11(17-18-14(22)16-15)12-5-7-13(8-6-12)23(20,21)19-9-3-2-4-10-19/h5-8H,2-4,9-10,15H2,1H3,(H2,16,18,22)/b17-11+. The van der Waals surface area contributed by atoms with E-state index in [9.17, 15) is 8.42 Å². The van der Waals surface area contributed by atoms with Gasteiger partial charge in [-0.15, -0.1) is 0 Å². The molecule has 1 fully saturated rings. The molecule has 1 aliphatic heterocycles. The second kappa shape index (κ2) is 7.82. The van der Waals surface area contributed by atoms with Crippen molar-refractivity contribution in [2.75, 3.05) is 13.1 Å². The average molecular weight is 355 g/mol. The number of benzene rings is 1. The molecule has 1 saturated heterocycles. The number of hydrazone groups is 1. The lowest BCUT2D eigenvalue weighted by atomic mass is 10.1. The number of nitrogens with two attached hydrogens (primary N) is 1. The van der Waals surface area contributed by atoms with Gasteiger partial charge in [0, 0.05) is 13.1 Å². The van der Waals surface area contributed by atoms with Crippen LogP contribution in [0.4, 0.5) is 0 Å². The van der Waals surface area contributed by atoms with Crippen LogP contribution in [0.5, 0.6) is 0 Å². The number of nitrogens with zero attached hydrogens (tertiary/aromatic N) is 2. The molecule has 1 aromatic rings. The van der Waals surface area contributed by atoms with Crippen LogP contribution in [-0.4, -0.2) is 36.6 Å². The number of hydrogen-bond acceptors (Lipinski definition) is 5. The third-order valence-electron chi connectivity index (χ3n) is 3.68. The third kappa shape index (κ3) is 4.47. The summed E-state index contributed by atoms with van der Waals surface area (Å²) in [4.78, 5) is 0.308. The molecule has 4 N–H and O–H groups in total. The van der Waals surface area contributed by atoms with E-state index in [4.69, 9.17) is 18.1 Å². The lowest BCUT2D eigenvalue weighted by molar-refractivity contribution is 0.346. The first-order valence-electron chi connectivity index (χ1n) is 7.36. The average Bonchev–Trinajstić information content (AvgIpc) is 2.60. The maximum absolute atomic E-state index is 12.6. The molecule has 0 atom stereocenters. The molecule has 2 rings (SSSR count). The molecule has 23 heavy (non-hydrogen) atoms. The minimum Gasteiger partial charge on any atom is -0.300 e. The van der Waals surface area contributed by atoms with Crippen LogP contribution in [-0.2, 0) is 10.0 Å². The van der Waals surface area contributed by atoms with Gasteiger partial charge in [-0.1, -0.05) is 18.6 Å². The van der Waals surface area contributed by atoms with Gasteiger partial charge >= 0.3 is 0 Å². The number of rotatable bonds is 4. The third-order valence-corrected chi connectivity index (χ3v) is 5.80. The lowest BCUT2D eigenvalue weighted by Gasteiger charge is -2.25. The molecular weight excluding hydrogens is 334 g/mol. The fourth-order valence-corrected chi connectivity index (χ4v) is 3.92. The van der Waals surface area contributed by atoms with Crippen LogP contribution in [0.2, 0.25) is 0 Å². The fraction of sp³-hybridized carbons (Fsp3) is 0.429. The molecule has 0 radical (unpaired) electrons. The molecule has 0 aliphatic carbocycles. The molecular formula is C14H21N5O2S2. The number of hydrogen-bond donors (Lipinski definition) is 3. The maximum Gasteiger partial charge on any atom is 0.243 e. The van der Waals surface area contributed by atoms with E-state index in [2.05, 4.69) is 16.0 Å². The zero-order chi connectivity index (χ0) is 16.9. The zero-order valence-electron chi connectivity index (χ0n) is 12.9. The molecule has 0 aromatic heterocycles. The van der Waals surface area contributed by atoms with Gasteiger partial charge < -0.3 is 0 Å². The zero-order valence-corrected chi connectivity index (χ0v) is 14.6. The minimum absolute atomic E-state index is 0.202. The van der Waals surface area contributed by atoms with Crippen molar-refractivity contribution in [3.63, 3.8) is 0 Å². The molecule has 1 heterocycles. The van der Waals surface area contributed by atoms with Crippen molar-refractivity contribution in [2.24, 2.45) is 10.9 Å². The topological polar surface area (TPSA) is 99.8 Å². The fourth-order valence-electron chi connectivity index (χ4n) is 2.35. The highest BCUT2D eigenvalue weighted by atomic mass is 32.2. The van der Waals surface area contributed by atoms with Gasteiger partial charge in [0.2, 0.25) is 15.1 Å². The number of hydrazine groups is 1. The molecule has 7 nitrogen and oxygen atoms in total. The van der Waals surface area contributed by atoms with Crippen LogP contribution in [0.15, 0.2) is 34.3 Å². The summed E-state index contributed by atoms with van der Waals surface area (Å²) in [6, 6.07) is 6.68. The van der Waals surface area contributed by atoms with E-state index in [-0.39, 0.29) is 5.11 Å². The highest BCUT2D eigenvalue weighted by molar-refractivity contribution is 7.89. The number of nitrogens with one attached hydrogen (secondary N) is 2. The van der Waals surface area contributed by atoms with Crippen LogP contribution < -0.4 is 16.7 Å². The van der Waals surface area contributed by atoms with Crippen molar-refractivity contribution in [1.82, 2.24) is 15.2 Å². The van der Waals surface area contributed by atoms with E-state index in [1.165, 1.54) is 0 Å². The van der Waals surface area contributed by atoms with E-state index < -0.39 is 10.0 Å². The first-order valence-corrected chi connectivity index (χ1v) is 9.21. The summed E-state index contributed by atoms with van der Waals surface area (Å²) >= 11 is 4.83. The highest BCUT2D eigenvalue weighted by Gasteiger charge is 2.25. The van der Waals surface area contributed by atoms with Gasteiger partial charge in [0.05, 0.1) is 10.6 Å². The van der Waals surface area contributed by atoms with Crippen LogP contribution in [0.3, 0.4) is 0 Å². The van der Waals surface area contributed by atoms with E-state index >= 15 is 0 Å². The Bertz CT molecular complexity index is 680. The highest BCUT2D eigenvalue weighted by Crippen LogP contribution is 2.20. The molecule has 0 amide bonds. The predicted octanol–water partition coefficient (Wildman–Crippen LogP) is 0.923. The summed E-state index contributed by atoms with van der Waals surface area (Å²) < 4.78 is 26.7. The Morgan fingerprint density at radius 3 is 2.39 bits per heavy atom. The molecule has 0 saturated carbocycles. The van der Waals surface area contributed by atoms with Crippen LogP contribution in [0.25, 0.3) is 0 Å². The number of sulfonamides is 1. The predicted molar refractivity (Wildman–Crippen MR) is 94.3 cm³/mol. The van der Waals surface area contributed by atoms with Crippen molar-refractivity contribution in [1.29, 1.82) is 0 Å². The van der Waals surface area contributed by atoms with Gasteiger partial charge in [-0.05, 0) is 49.7 Å². The van der Waals surface area contributed by atoms with Crippen molar-refractivity contribution in [3.05, 3.63) is 29.8 Å². The second-order valence-electron chi connectivity index (χ2n) is 5.27. The Balaban J connectivity index is 2.14. The summed E-state index contributed by atoms with van der Waals surface area (Å²) in [6.45, 7) is 2.98. The van der Waals surface area contributed by atoms with E-state index in [1.807, 2.05) is 0 Å². The van der Waals surface area contributed by atoms with Gasteiger partial charge in [0.15, 0.2) is 0 Å². The van der Waals surface area contributed by atoms with Gasteiger partial charge in [0.1, 0.15) is 0 Å². The Labute approximate surface area is 141 Å². The van der Waals surface area contributed by atoms with Crippen LogP contribution in [0, 0.1) is 0 Å². The number of thiocarbonyl (C=S) groups is 1. The number of piperidine rings is 1. The van der Waals surface area contributed by atoms with E-state index in [0.29, 0.717) is 23.7 Å². The summed E-state index contributed by atoms with van der Waals surface area (Å²) in [5.41, 5.74) is 6.32. The monoisotopic (exact) mass is 355 g/mol. The largest absolute Gasteiger partial charge is 0.300 e. The van der Waals surface area contributed by atoms with Crippen molar-refractivity contribution in [3.8, 4) is 0 Å². The normalized spacial score (nSPS) is 16.9. The Kier molecular flexibility index (Phi) is 6.05. The lowest BCUT2D eigenvalue weighted by Crippen LogP contribution is -2.37. The van der Waals surface area contributed by atoms with Crippen LogP contribution in [0.1, 0.15) is 31.7 Å². The van der Waals surface area contributed by atoms with Gasteiger partial charge in [0.25, 0.3) is 0 Å². The van der Waals surface area contributed by atoms with Gasteiger partial charge in [-0.3, -0.25) is 10.9 Å². The van der Waals surface area contributed by atoms with E-state index in [0.717, 1.165) is 24.8 Å². The smallest absolute Gasteiger partial charge is 0.243 e. The maximum atomic E-state index is 12.6. The quantitative estimate of drug-likeness (QED) is 0.321. The second-order valence-corrected chi connectivity index (χ2v) is 7.62. The SMILES string of the molecule is C/C(=N\NC(=S)NN)c1ccc(S(=O)(=O)N2CCCCC2)cc1. The van der Waals surface area contributed by atoms with Crippen molar-refractivity contribution < 1.29 is 8.42 Å². The first-order chi connectivity index (χ1) is 10.9. The van der Waals surface area contributed by atoms with Crippen molar-refractivity contribution >= 4 is 33.1 Å². The Hall–Kier alpha value is -1.55. The van der Waals surface area contributed by atoms with Crippen LogP contribution >= 0.6 is 12.2 Å². The molecule has 1 aliphatic rings. The molecule has 9 heteroatoms. The Morgan fingerprint density at radius 2 is 1.83 bits per heavy atom. The summed E-state index contributed by atoms with van der Waals surface area (Å²) in [5.74, 6) is 5.14.